The van der Waals surface area contributed by atoms with Crippen LogP contribution in [-0.2, 0) is 5.41 Å². The van der Waals surface area contributed by atoms with Crippen molar-refractivity contribution < 1.29 is 0 Å². The van der Waals surface area contributed by atoms with Crippen molar-refractivity contribution in [3.05, 3.63) is 11.9 Å². The highest BCUT2D eigenvalue weighted by atomic mass is 15.1. The molecule has 4 nitrogen and oxygen atoms in total. The van der Waals surface area contributed by atoms with E-state index >= 15 is 0 Å². The fourth-order valence-electron chi connectivity index (χ4n) is 1.28. The van der Waals surface area contributed by atoms with Crippen LogP contribution < -0.4 is 11.1 Å². The van der Waals surface area contributed by atoms with E-state index in [9.17, 15) is 0 Å². The van der Waals surface area contributed by atoms with Crippen LogP contribution in [0, 0.1) is 5.92 Å². The van der Waals surface area contributed by atoms with Crippen molar-refractivity contribution >= 4 is 11.6 Å². The Hall–Kier alpha value is -1.32. The summed E-state index contributed by atoms with van der Waals surface area (Å²) in [4.78, 5) is 8.81. The van der Waals surface area contributed by atoms with Gasteiger partial charge in [0.15, 0.2) is 0 Å². The van der Waals surface area contributed by atoms with Crippen LogP contribution in [0.2, 0.25) is 0 Å². The van der Waals surface area contributed by atoms with E-state index in [1.165, 1.54) is 0 Å². The van der Waals surface area contributed by atoms with Crippen molar-refractivity contribution in [2.45, 2.75) is 53.0 Å². The predicted molar refractivity (Wildman–Crippen MR) is 73.1 cm³/mol. The molecule has 96 valence electrons. The lowest BCUT2D eigenvalue weighted by Crippen LogP contribution is -2.24. The summed E-state index contributed by atoms with van der Waals surface area (Å²) in [7, 11) is 0. The van der Waals surface area contributed by atoms with Gasteiger partial charge in [0.2, 0.25) is 0 Å². The number of hydrogen-bond acceptors (Lipinski definition) is 4. The Balaban J connectivity index is 2.98. The molecule has 3 N–H and O–H groups in total. The second-order valence-electron chi connectivity index (χ2n) is 5.93. The number of rotatable bonds is 3. The van der Waals surface area contributed by atoms with E-state index in [0.717, 1.165) is 11.6 Å². The summed E-state index contributed by atoms with van der Waals surface area (Å²) < 4.78 is 0. The lowest BCUT2D eigenvalue weighted by molar-refractivity contribution is 0.539. The van der Waals surface area contributed by atoms with Gasteiger partial charge >= 0.3 is 0 Å². The summed E-state index contributed by atoms with van der Waals surface area (Å²) in [6, 6.07) is 2.14. The number of nitrogens with zero attached hydrogens (tertiary/aromatic N) is 2. The Morgan fingerprint density at radius 3 is 2.24 bits per heavy atom. The topological polar surface area (TPSA) is 63.8 Å². The number of nitrogens with two attached hydrogens (primary N) is 1. The van der Waals surface area contributed by atoms with E-state index in [1.807, 2.05) is 0 Å². The SMILES string of the molecule is CC(C)C(C)Nc1cc(N)nc(C(C)(C)C)n1. The van der Waals surface area contributed by atoms with Gasteiger partial charge in [0.1, 0.15) is 17.5 Å². The van der Waals surface area contributed by atoms with Gasteiger partial charge in [-0.3, -0.25) is 0 Å². The average Bonchev–Trinajstić information content (AvgIpc) is 2.15. The molecular weight excluding hydrogens is 212 g/mol. The monoisotopic (exact) mass is 236 g/mol. The molecule has 0 amide bonds. The Kier molecular flexibility index (Phi) is 3.96. The molecule has 0 aliphatic rings. The van der Waals surface area contributed by atoms with Crippen molar-refractivity contribution in [3.63, 3.8) is 0 Å². The van der Waals surface area contributed by atoms with Gasteiger partial charge in [-0.2, -0.15) is 0 Å². The highest BCUT2D eigenvalue weighted by Gasteiger charge is 2.19. The van der Waals surface area contributed by atoms with Crippen LogP contribution in [0.3, 0.4) is 0 Å². The zero-order valence-corrected chi connectivity index (χ0v) is 11.7. The Morgan fingerprint density at radius 2 is 1.76 bits per heavy atom. The van der Waals surface area contributed by atoms with Gasteiger partial charge in [-0.1, -0.05) is 34.6 Å². The van der Waals surface area contributed by atoms with Gasteiger partial charge in [0.25, 0.3) is 0 Å². The highest BCUT2D eigenvalue weighted by molar-refractivity contribution is 5.45. The number of nitrogens with one attached hydrogen (secondary N) is 1. The average molecular weight is 236 g/mol. The molecule has 0 aliphatic heterocycles. The summed E-state index contributed by atoms with van der Waals surface area (Å²) in [6.07, 6.45) is 0. The van der Waals surface area contributed by atoms with Crippen LogP contribution in [-0.4, -0.2) is 16.0 Å². The van der Waals surface area contributed by atoms with E-state index in [1.54, 1.807) is 6.07 Å². The second-order valence-corrected chi connectivity index (χ2v) is 5.93. The number of anilines is 2. The zero-order chi connectivity index (χ0) is 13.2. The molecule has 17 heavy (non-hydrogen) atoms. The Morgan fingerprint density at radius 1 is 1.18 bits per heavy atom. The van der Waals surface area contributed by atoms with E-state index in [0.29, 0.717) is 17.8 Å². The lowest BCUT2D eigenvalue weighted by Gasteiger charge is -2.21. The van der Waals surface area contributed by atoms with Crippen LogP contribution >= 0.6 is 0 Å². The maximum Gasteiger partial charge on any atom is 0.138 e. The van der Waals surface area contributed by atoms with E-state index in [-0.39, 0.29) is 5.41 Å². The van der Waals surface area contributed by atoms with Crippen molar-refractivity contribution in [2.24, 2.45) is 5.92 Å². The molecular formula is C13H24N4. The number of hydrogen-bond donors (Lipinski definition) is 2. The standard InChI is InChI=1S/C13H24N4/c1-8(2)9(3)15-11-7-10(14)16-12(17-11)13(4,5)6/h7-9H,1-6H3,(H3,14,15,16,17). The molecule has 0 fully saturated rings. The molecule has 4 heteroatoms. The van der Waals surface area contributed by atoms with E-state index < -0.39 is 0 Å². The molecule has 0 radical (unpaired) electrons. The lowest BCUT2D eigenvalue weighted by atomic mass is 9.96. The first kappa shape index (κ1) is 13.7. The third-order valence-corrected chi connectivity index (χ3v) is 2.79. The molecule has 1 heterocycles. The molecule has 1 unspecified atom stereocenters. The summed E-state index contributed by atoms with van der Waals surface area (Å²) in [6.45, 7) is 12.7. The smallest absolute Gasteiger partial charge is 0.138 e. The number of nitrogen functional groups attached to an aromatic ring is 1. The summed E-state index contributed by atoms with van der Waals surface area (Å²) in [5, 5.41) is 3.36. The fraction of sp³-hybridized carbons (Fsp3) is 0.692. The predicted octanol–water partition coefficient (Wildman–Crippen LogP) is 2.81. The maximum atomic E-state index is 5.82. The highest BCUT2D eigenvalue weighted by Crippen LogP contribution is 2.21. The van der Waals surface area contributed by atoms with Gasteiger partial charge < -0.3 is 11.1 Å². The van der Waals surface area contributed by atoms with Gasteiger partial charge in [-0.25, -0.2) is 9.97 Å². The van der Waals surface area contributed by atoms with Gasteiger partial charge in [0, 0.05) is 17.5 Å². The molecule has 1 aromatic heterocycles. The fourth-order valence-corrected chi connectivity index (χ4v) is 1.28. The minimum absolute atomic E-state index is 0.0904. The van der Waals surface area contributed by atoms with Crippen molar-refractivity contribution in [1.82, 2.24) is 9.97 Å². The first-order chi connectivity index (χ1) is 7.70. The van der Waals surface area contributed by atoms with Crippen molar-refractivity contribution in [1.29, 1.82) is 0 Å². The molecule has 0 saturated heterocycles. The summed E-state index contributed by atoms with van der Waals surface area (Å²) in [5.41, 5.74) is 5.73. The second kappa shape index (κ2) is 4.90. The van der Waals surface area contributed by atoms with Crippen LogP contribution in [0.4, 0.5) is 11.6 Å². The number of aromatic nitrogens is 2. The molecule has 0 saturated carbocycles. The van der Waals surface area contributed by atoms with Crippen LogP contribution in [0.5, 0.6) is 0 Å². The molecule has 1 aromatic rings. The molecule has 0 aliphatic carbocycles. The van der Waals surface area contributed by atoms with E-state index in [4.69, 9.17) is 5.73 Å². The first-order valence-electron chi connectivity index (χ1n) is 6.11. The first-order valence-corrected chi connectivity index (χ1v) is 6.11. The molecule has 0 spiro atoms. The minimum Gasteiger partial charge on any atom is -0.384 e. The Bertz CT molecular complexity index is 379. The minimum atomic E-state index is -0.0904. The molecule has 0 bridgehead atoms. The molecule has 1 atom stereocenters. The van der Waals surface area contributed by atoms with Crippen molar-refractivity contribution in [2.75, 3.05) is 11.1 Å². The molecule has 0 aromatic carbocycles. The maximum absolute atomic E-state index is 5.82. The molecule has 1 rings (SSSR count). The third kappa shape index (κ3) is 3.88. The van der Waals surface area contributed by atoms with Gasteiger partial charge in [0.05, 0.1) is 0 Å². The normalized spacial score (nSPS) is 13.8. The van der Waals surface area contributed by atoms with Crippen molar-refractivity contribution in [3.8, 4) is 0 Å². The summed E-state index contributed by atoms with van der Waals surface area (Å²) in [5.74, 6) is 2.65. The van der Waals surface area contributed by atoms with Crippen LogP contribution in [0.25, 0.3) is 0 Å². The zero-order valence-electron chi connectivity index (χ0n) is 11.7. The summed E-state index contributed by atoms with van der Waals surface area (Å²) >= 11 is 0. The quantitative estimate of drug-likeness (QED) is 0.847. The largest absolute Gasteiger partial charge is 0.384 e. The Labute approximate surface area is 104 Å². The van der Waals surface area contributed by atoms with E-state index in [2.05, 4.69) is 56.8 Å². The van der Waals surface area contributed by atoms with Gasteiger partial charge in [-0.05, 0) is 12.8 Å². The van der Waals surface area contributed by atoms with Crippen LogP contribution in [0.1, 0.15) is 47.4 Å². The van der Waals surface area contributed by atoms with Crippen LogP contribution in [0.15, 0.2) is 6.07 Å². The third-order valence-electron chi connectivity index (χ3n) is 2.79. The van der Waals surface area contributed by atoms with Gasteiger partial charge in [-0.15, -0.1) is 0 Å².